The minimum Gasteiger partial charge on any atom is -0.349 e. The molecule has 0 heterocycles. The van der Waals surface area contributed by atoms with Crippen molar-refractivity contribution in [1.29, 1.82) is 0 Å². The lowest BCUT2D eigenvalue weighted by molar-refractivity contribution is -0.384. The van der Waals surface area contributed by atoms with Gasteiger partial charge in [0.05, 0.1) is 28.1 Å². The highest BCUT2D eigenvalue weighted by Crippen LogP contribution is 2.24. The van der Waals surface area contributed by atoms with E-state index in [4.69, 9.17) is 0 Å². The first-order chi connectivity index (χ1) is 15.6. The molecule has 0 saturated heterocycles. The maximum atomic E-state index is 12.8. The number of nitro benzene ring substituents is 1. The third kappa shape index (κ3) is 6.51. The lowest BCUT2D eigenvalue weighted by atomic mass is 9.95. The van der Waals surface area contributed by atoms with Gasteiger partial charge in [0.2, 0.25) is 15.9 Å². The molecular formula is C22H26N4O6S. The summed E-state index contributed by atoms with van der Waals surface area (Å²) in [6.07, 6.45) is 6.00. The normalized spacial score (nSPS) is 14.3. The SMILES string of the molecule is CS(=O)(=O)N(CC(=O)Nc1ccccc1C(=O)NC1CCCCC1)c1cccc([N+](=O)[O-])c1. The van der Waals surface area contributed by atoms with E-state index < -0.39 is 27.4 Å². The van der Waals surface area contributed by atoms with Crippen LogP contribution in [0.25, 0.3) is 0 Å². The second-order valence-corrected chi connectivity index (χ2v) is 9.86. The van der Waals surface area contributed by atoms with Gasteiger partial charge < -0.3 is 10.6 Å². The fourth-order valence-electron chi connectivity index (χ4n) is 3.78. The summed E-state index contributed by atoms with van der Waals surface area (Å²) >= 11 is 0. The van der Waals surface area contributed by atoms with Gasteiger partial charge in [-0.3, -0.25) is 24.0 Å². The highest BCUT2D eigenvalue weighted by Gasteiger charge is 2.24. The third-order valence-electron chi connectivity index (χ3n) is 5.40. The zero-order chi connectivity index (χ0) is 24.0. The van der Waals surface area contributed by atoms with Crippen LogP contribution in [-0.4, -0.2) is 44.0 Å². The van der Waals surface area contributed by atoms with Crippen molar-refractivity contribution < 1.29 is 22.9 Å². The number of non-ortho nitro benzene ring substituents is 1. The molecule has 0 aromatic heterocycles. The Morgan fingerprint density at radius 2 is 1.79 bits per heavy atom. The number of nitro groups is 1. The third-order valence-corrected chi connectivity index (χ3v) is 6.54. The van der Waals surface area contributed by atoms with E-state index in [1.807, 2.05) is 0 Å². The van der Waals surface area contributed by atoms with E-state index in [1.165, 1.54) is 18.2 Å². The molecule has 2 amide bonds. The molecule has 2 N–H and O–H groups in total. The molecule has 1 aliphatic carbocycles. The van der Waals surface area contributed by atoms with Crippen molar-refractivity contribution in [3.8, 4) is 0 Å². The number of nitrogens with one attached hydrogen (secondary N) is 2. The van der Waals surface area contributed by atoms with Crippen molar-refractivity contribution in [2.75, 3.05) is 22.4 Å². The number of amides is 2. The van der Waals surface area contributed by atoms with Crippen LogP contribution in [0.15, 0.2) is 48.5 Å². The molecule has 0 atom stereocenters. The fourth-order valence-corrected chi connectivity index (χ4v) is 4.63. The Bertz CT molecular complexity index is 1150. The van der Waals surface area contributed by atoms with Crippen molar-refractivity contribution in [2.24, 2.45) is 0 Å². The summed E-state index contributed by atoms with van der Waals surface area (Å²) in [6.45, 7) is -0.613. The number of para-hydroxylation sites is 1. The van der Waals surface area contributed by atoms with Crippen LogP contribution >= 0.6 is 0 Å². The summed E-state index contributed by atoms with van der Waals surface area (Å²) in [5, 5.41) is 16.6. The van der Waals surface area contributed by atoms with E-state index in [1.54, 1.807) is 24.3 Å². The Morgan fingerprint density at radius 3 is 2.45 bits per heavy atom. The average molecular weight is 475 g/mol. The lowest BCUT2D eigenvalue weighted by Gasteiger charge is -2.24. The van der Waals surface area contributed by atoms with Crippen molar-refractivity contribution in [2.45, 2.75) is 38.1 Å². The van der Waals surface area contributed by atoms with Gasteiger partial charge >= 0.3 is 0 Å². The Morgan fingerprint density at radius 1 is 1.09 bits per heavy atom. The topological polar surface area (TPSA) is 139 Å². The Balaban J connectivity index is 1.77. The second kappa shape index (κ2) is 10.4. The van der Waals surface area contributed by atoms with Gasteiger partial charge in [-0.05, 0) is 31.0 Å². The number of benzene rings is 2. The van der Waals surface area contributed by atoms with Gasteiger partial charge in [-0.25, -0.2) is 8.42 Å². The minimum atomic E-state index is -3.92. The number of hydrogen-bond donors (Lipinski definition) is 2. The maximum absolute atomic E-state index is 12.8. The van der Waals surface area contributed by atoms with Crippen LogP contribution in [0.1, 0.15) is 42.5 Å². The summed E-state index contributed by atoms with van der Waals surface area (Å²) in [6, 6.07) is 11.6. The van der Waals surface area contributed by atoms with Gasteiger partial charge in [0.25, 0.3) is 11.6 Å². The summed E-state index contributed by atoms with van der Waals surface area (Å²) < 4.78 is 25.4. The number of carbonyl (C=O) groups is 2. The van der Waals surface area contributed by atoms with Gasteiger partial charge in [0, 0.05) is 18.2 Å². The van der Waals surface area contributed by atoms with Gasteiger partial charge in [0.15, 0.2) is 0 Å². The Labute approximate surface area is 192 Å². The van der Waals surface area contributed by atoms with E-state index >= 15 is 0 Å². The highest BCUT2D eigenvalue weighted by atomic mass is 32.2. The Kier molecular flexibility index (Phi) is 7.64. The van der Waals surface area contributed by atoms with E-state index in [-0.39, 0.29) is 34.6 Å². The van der Waals surface area contributed by atoms with Gasteiger partial charge in [-0.2, -0.15) is 0 Å². The molecule has 2 aromatic carbocycles. The molecule has 1 aliphatic rings. The lowest BCUT2D eigenvalue weighted by Crippen LogP contribution is -2.38. The molecule has 176 valence electrons. The molecule has 1 fully saturated rings. The fraction of sp³-hybridized carbons (Fsp3) is 0.364. The van der Waals surface area contributed by atoms with Crippen LogP contribution in [-0.2, 0) is 14.8 Å². The zero-order valence-corrected chi connectivity index (χ0v) is 19.0. The molecule has 1 saturated carbocycles. The van der Waals surface area contributed by atoms with Crippen LogP contribution in [0.4, 0.5) is 17.1 Å². The molecule has 0 unspecified atom stereocenters. The molecule has 0 radical (unpaired) electrons. The molecule has 2 aromatic rings. The number of hydrogen-bond acceptors (Lipinski definition) is 6. The van der Waals surface area contributed by atoms with Crippen LogP contribution in [0.5, 0.6) is 0 Å². The summed E-state index contributed by atoms with van der Waals surface area (Å²) in [7, 11) is -3.92. The average Bonchev–Trinajstić information content (AvgIpc) is 2.78. The number of sulfonamides is 1. The quantitative estimate of drug-likeness (QED) is 0.445. The molecule has 10 nitrogen and oxygen atoms in total. The summed E-state index contributed by atoms with van der Waals surface area (Å²) in [5.74, 6) is -0.999. The number of anilines is 2. The summed E-state index contributed by atoms with van der Waals surface area (Å²) in [5.41, 5.74) is 0.220. The molecular weight excluding hydrogens is 448 g/mol. The highest BCUT2D eigenvalue weighted by molar-refractivity contribution is 7.92. The van der Waals surface area contributed by atoms with E-state index in [0.29, 0.717) is 0 Å². The predicted octanol–water partition coefficient (Wildman–Crippen LogP) is 3.06. The van der Waals surface area contributed by atoms with Crippen molar-refractivity contribution in [3.63, 3.8) is 0 Å². The van der Waals surface area contributed by atoms with Crippen LogP contribution in [0, 0.1) is 10.1 Å². The molecule has 11 heteroatoms. The smallest absolute Gasteiger partial charge is 0.271 e. The molecule has 0 bridgehead atoms. The van der Waals surface area contributed by atoms with Crippen molar-refractivity contribution in [3.05, 3.63) is 64.2 Å². The molecule has 33 heavy (non-hydrogen) atoms. The standard InChI is InChI=1S/C22H26N4O6S/c1-33(31,32)25(17-10-7-11-18(14-17)26(29)30)15-21(27)24-20-13-6-5-12-19(20)22(28)23-16-8-3-2-4-9-16/h5-7,10-14,16H,2-4,8-9,15H2,1H3,(H,23,28)(H,24,27). The van der Waals surface area contributed by atoms with E-state index in [9.17, 15) is 28.1 Å². The molecule has 3 rings (SSSR count). The van der Waals surface area contributed by atoms with Gasteiger partial charge in [0.1, 0.15) is 6.54 Å². The first-order valence-corrected chi connectivity index (χ1v) is 12.4. The van der Waals surface area contributed by atoms with Gasteiger partial charge in [-0.1, -0.05) is 37.5 Å². The van der Waals surface area contributed by atoms with Gasteiger partial charge in [-0.15, -0.1) is 0 Å². The monoisotopic (exact) mass is 474 g/mol. The second-order valence-electron chi connectivity index (χ2n) is 7.95. The molecule has 0 aliphatic heterocycles. The first-order valence-electron chi connectivity index (χ1n) is 10.6. The van der Waals surface area contributed by atoms with Crippen LogP contribution < -0.4 is 14.9 Å². The largest absolute Gasteiger partial charge is 0.349 e. The first kappa shape index (κ1) is 24.2. The van der Waals surface area contributed by atoms with Crippen molar-refractivity contribution in [1.82, 2.24) is 5.32 Å². The molecule has 0 spiro atoms. The zero-order valence-electron chi connectivity index (χ0n) is 18.2. The van der Waals surface area contributed by atoms with Crippen LogP contribution in [0.2, 0.25) is 0 Å². The summed E-state index contributed by atoms with van der Waals surface area (Å²) in [4.78, 5) is 35.9. The number of carbonyl (C=O) groups excluding carboxylic acids is 2. The van der Waals surface area contributed by atoms with E-state index in [0.717, 1.165) is 48.7 Å². The number of rotatable bonds is 8. The maximum Gasteiger partial charge on any atom is 0.271 e. The minimum absolute atomic E-state index is 0.00910. The van der Waals surface area contributed by atoms with Crippen LogP contribution in [0.3, 0.4) is 0 Å². The van der Waals surface area contributed by atoms with Crippen molar-refractivity contribution >= 4 is 38.9 Å². The number of nitrogens with zero attached hydrogens (tertiary/aromatic N) is 2. The Hall–Kier alpha value is -3.47. The predicted molar refractivity (Wildman–Crippen MR) is 125 cm³/mol. The van der Waals surface area contributed by atoms with E-state index in [2.05, 4.69) is 10.6 Å².